The molecule has 0 unspecified atom stereocenters. The van der Waals surface area contributed by atoms with Crippen LogP contribution in [0.25, 0.3) is 0 Å². The van der Waals surface area contributed by atoms with Crippen molar-refractivity contribution in [3.63, 3.8) is 0 Å². The fourth-order valence-electron chi connectivity index (χ4n) is 2.98. The number of carboxylic acid groups (broad SMARTS) is 2. The van der Waals surface area contributed by atoms with E-state index in [1.54, 1.807) is 11.2 Å². The molecule has 9 heteroatoms. The van der Waals surface area contributed by atoms with Gasteiger partial charge < -0.3 is 10.2 Å². The van der Waals surface area contributed by atoms with E-state index in [1.165, 1.54) is 32.1 Å². The Kier molecular flexibility index (Phi) is 7.93. The molecule has 0 bridgehead atoms. The van der Waals surface area contributed by atoms with Gasteiger partial charge >= 0.3 is 11.9 Å². The highest BCUT2D eigenvalue weighted by atomic mass is 32.2. The summed E-state index contributed by atoms with van der Waals surface area (Å²) in [4.78, 5) is 20.7. The van der Waals surface area contributed by atoms with Crippen molar-refractivity contribution >= 4 is 22.0 Å². The summed E-state index contributed by atoms with van der Waals surface area (Å²) in [5, 5.41) is 14.8. The lowest BCUT2D eigenvalue weighted by atomic mass is 9.94. The molecule has 2 N–H and O–H groups in total. The maximum Gasteiger partial charge on any atom is 0.414 e. The molecule has 1 aliphatic carbocycles. The highest BCUT2D eigenvalue weighted by Crippen LogP contribution is 2.23. The van der Waals surface area contributed by atoms with Crippen LogP contribution in [0.2, 0.25) is 0 Å². The fourth-order valence-corrected chi connectivity index (χ4v) is 4.06. The molecule has 134 valence electrons. The van der Waals surface area contributed by atoms with Crippen molar-refractivity contribution < 1.29 is 28.2 Å². The summed E-state index contributed by atoms with van der Waals surface area (Å²) in [6.45, 7) is 4.94. The first kappa shape index (κ1) is 19.9. The van der Waals surface area contributed by atoms with Gasteiger partial charge in [0, 0.05) is 32.2 Å². The van der Waals surface area contributed by atoms with E-state index in [9.17, 15) is 8.42 Å². The molecule has 0 aromatic rings. The van der Waals surface area contributed by atoms with Crippen LogP contribution in [-0.2, 0) is 19.6 Å². The molecule has 2 fully saturated rings. The van der Waals surface area contributed by atoms with Gasteiger partial charge in [-0.2, -0.15) is 4.31 Å². The van der Waals surface area contributed by atoms with Gasteiger partial charge in [-0.3, -0.25) is 4.90 Å². The standard InChI is InChI=1S/C12H24N2O2S.C2H2O4/c1-2-17(15,16)14-10-8-13(9-11-14)12-6-4-3-5-7-12;3-1(4)2(5)6/h12H,2-11H2,1H3;(H,3,4)(H,5,6). The molecule has 0 aromatic carbocycles. The van der Waals surface area contributed by atoms with Crippen molar-refractivity contribution in [2.45, 2.75) is 45.1 Å². The first-order valence-electron chi connectivity index (χ1n) is 7.96. The van der Waals surface area contributed by atoms with Crippen LogP contribution in [0.5, 0.6) is 0 Å². The third-order valence-corrected chi connectivity index (χ3v) is 6.19. The maximum atomic E-state index is 11.7. The number of sulfonamides is 1. The second-order valence-electron chi connectivity index (χ2n) is 5.74. The van der Waals surface area contributed by atoms with Gasteiger partial charge in [0.05, 0.1) is 5.75 Å². The molecular weight excluding hydrogens is 324 g/mol. The Labute approximate surface area is 137 Å². The van der Waals surface area contributed by atoms with Crippen LogP contribution in [0.4, 0.5) is 0 Å². The second kappa shape index (κ2) is 9.19. The van der Waals surface area contributed by atoms with E-state index in [0.717, 1.165) is 19.1 Å². The van der Waals surface area contributed by atoms with Crippen LogP contribution in [0.3, 0.4) is 0 Å². The van der Waals surface area contributed by atoms with Crippen molar-refractivity contribution in [1.82, 2.24) is 9.21 Å². The zero-order chi connectivity index (χ0) is 17.5. The summed E-state index contributed by atoms with van der Waals surface area (Å²) in [7, 11) is -2.97. The monoisotopic (exact) mass is 350 g/mol. The van der Waals surface area contributed by atoms with Crippen LogP contribution < -0.4 is 0 Å². The summed E-state index contributed by atoms with van der Waals surface area (Å²) in [6, 6.07) is 0.718. The van der Waals surface area contributed by atoms with Gasteiger partial charge in [-0.25, -0.2) is 18.0 Å². The van der Waals surface area contributed by atoms with Gasteiger partial charge in [0.1, 0.15) is 0 Å². The van der Waals surface area contributed by atoms with Gasteiger partial charge in [0.25, 0.3) is 0 Å². The number of hydrogen-bond acceptors (Lipinski definition) is 5. The molecule has 23 heavy (non-hydrogen) atoms. The first-order valence-corrected chi connectivity index (χ1v) is 9.57. The zero-order valence-corrected chi connectivity index (χ0v) is 14.3. The molecule has 1 saturated heterocycles. The Bertz CT molecular complexity index is 481. The Morgan fingerprint density at radius 1 is 0.957 bits per heavy atom. The van der Waals surface area contributed by atoms with E-state index in [1.807, 2.05) is 0 Å². The molecule has 0 amide bonds. The van der Waals surface area contributed by atoms with E-state index in [4.69, 9.17) is 19.8 Å². The van der Waals surface area contributed by atoms with E-state index >= 15 is 0 Å². The lowest BCUT2D eigenvalue weighted by Crippen LogP contribution is -2.52. The van der Waals surface area contributed by atoms with Gasteiger partial charge in [0.2, 0.25) is 10.0 Å². The van der Waals surface area contributed by atoms with Crippen LogP contribution in [0.15, 0.2) is 0 Å². The molecule has 2 aliphatic rings. The SMILES string of the molecule is CCS(=O)(=O)N1CCN(C2CCCCC2)CC1.O=C(O)C(=O)O. The summed E-state index contributed by atoms with van der Waals surface area (Å²) >= 11 is 0. The average Bonchev–Trinajstić information content (AvgIpc) is 2.56. The van der Waals surface area contributed by atoms with Crippen LogP contribution in [0.1, 0.15) is 39.0 Å². The highest BCUT2D eigenvalue weighted by Gasteiger charge is 2.29. The smallest absolute Gasteiger partial charge is 0.414 e. The zero-order valence-electron chi connectivity index (χ0n) is 13.5. The molecule has 1 heterocycles. The third-order valence-electron chi connectivity index (χ3n) is 4.31. The average molecular weight is 350 g/mol. The first-order chi connectivity index (χ1) is 10.8. The third kappa shape index (κ3) is 6.44. The minimum absolute atomic E-state index is 0.233. The maximum absolute atomic E-state index is 11.7. The predicted octanol–water partition coefficient (Wildman–Crippen LogP) is 0.442. The van der Waals surface area contributed by atoms with Gasteiger partial charge in [-0.05, 0) is 19.8 Å². The van der Waals surface area contributed by atoms with Crippen molar-refractivity contribution in [3.05, 3.63) is 0 Å². The van der Waals surface area contributed by atoms with Crippen LogP contribution in [-0.4, -0.2) is 77.7 Å². The van der Waals surface area contributed by atoms with Crippen molar-refractivity contribution in [2.24, 2.45) is 0 Å². The molecule has 0 atom stereocenters. The topological polar surface area (TPSA) is 115 Å². The number of aliphatic carboxylic acids is 2. The largest absolute Gasteiger partial charge is 0.473 e. The molecule has 1 saturated carbocycles. The molecule has 8 nitrogen and oxygen atoms in total. The van der Waals surface area contributed by atoms with Crippen molar-refractivity contribution in [2.75, 3.05) is 31.9 Å². The second-order valence-corrected chi connectivity index (χ2v) is 8.00. The lowest BCUT2D eigenvalue weighted by molar-refractivity contribution is -0.159. The highest BCUT2D eigenvalue weighted by molar-refractivity contribution is 7.89. The van der Waals surface area contributed by atoms with Gasteiger partial charge in [-0.15, -0.1) is 0 Å². The fraction of sp³-hybridized carbons (Fsp3) is 0.857. The summed E-state index contributed by atoms with van der Waals surface area (Å²) < 4.78 is 25.1. The molecular formula is C14H26N2O6S. The quantitative estimate of drug-likeness (QED) is 0.710. The minimum Gasteiger partial charge on any atom is -0.473 e. The normalized spacial score (nSPS) is 21.3. The predicted molar refractivity (Wildman–Crippen MR) is 84.8 cm³/mol. The number of piperazine rings is 1. The molecule has 0 radical (unpaired) electrons. The summed E-state index contributed by atoms with van der Waals surface area (Å²) in [6.07, 6.45) is 6.68. The molecule has 0 spiro atoms. The van der Waals surface area contributed by atoms with E-state index in [0.29, 0.717) is 13.1 Å². The number of nitrogens with zero attached hydrogens (tertiary/aromatic N) is 2. The Hall–Kier alpha value is -1.19. The lowest BCUT2D eigenvalue weighted by Gasteiger charge is -2.40. The van der Waals surface area contributed by atoms with E-state index in [-0.39, 0.29) is 5.75 Å². The van der Waals surface area contributed by atoms with Crippen LogP contribution in [0, 0.1) is 0 Å². The number of carbonyl (C=O) groups is 2. The van der Waals surface area contributed by atoms with Gasteiger partial charge in [0.15, 0.2) is 0 Å². The summed E-state index contributed by atoms with van der Waals surface area (Å²) in [5.41, 5.74) is 0. The molecule has 2 rings (SSSR count). The van der Waals surface area contributed by atoms with E-state index < -0.39 is 22.0 Å². The van der Waals surface area contributed by atoms with Crippen molar-refractivity contribution in [1.29, 1.82) is 0 Å². The Morgan fingerprint density at radius 2 is 1.43 bits per heavy atom. The summed E-state index contributed by atoms with van der Waals surface area (Å²) in [5.74, 6) is -3.42. The minimum atomic E-state index is -2.97. The van der Waals surface area contributed by atoms with E-state index in [2.05, 4.69) is 4.90 Å². The number of hydrogen-bond donors (Lipinski definition) is 2. The van der Waals surface area contributed by atoms with Crippen molar-refractivity contribution in [3.8, 4) is 0 Å². The Morgan fingerprint density at radius 3 is 1.83 bits per heavy atom. The number of rotatable bonds is 3. The Balaban J connectivity index is 0.000000379. The van der Waals surface area contributed by atoms with Crippen LogP contribution >= 0.6 is 0 Å². The number of carboxylic acids is 2. The van der Waals surface area contributed by atoms with Gasteiger partial charge in [-0.1, -0.05) is 19.3 Å². The molecule has 0 aromatic heterocycles. The molecule has 1 aliphatic heterocycles.